The lowest BCUT2D eigenvalue weighted by Crippen LogP contribution is -2.27. The highest BCUT2D eigenvalue weighted by atomic mass is 19.1. The van der Waals surface area contributed by atoms with Crippen molar-refractivity contribution in [2.24, 2.45) is 0 Å². The number of benzene rings is 2. The van der Waals surface area contributed by atoms with E-state index >= 15 is 0 Å². The first-order valence-corrected chi connectivity index (χ1v) is 8.65. The summed E-state index contributed by atoms with van der Waals surface area (Å²) in [5.41, 5.74) is 1.49. The van der Waals surface area contributed by atoms with Gasteiger partial charge in [0.05, 0.1) is 12.8 Å². The SMILES string of the molecule is O=C(Cc1ccccc1)NCCC(=O)OCc1nc(-c2ccc(F)cc2)no1. The number of hydrogen-bond acceptors (Lipinski definition) is 6. The van der Waals surface area contributed by atoms with E-state index in [0.29, 0.717) is 5.56 Å². The van der Waals surface area contributed by atoms with Crippen molar-refractivity contribution in [1.82, 2.24) is 15.5 Å². The summed E-state index contributed by atoms with van der Waals surface area (Å²) in [6.07, 6.45) is 0.281. The molecule has 0 bridgehead atoms. The van der Waals surface area contributed by atoms with E-state index in [1.165, 1.54) is 24.3 Å². The molecule has 1 heterocycles. The topological polar surface area (TPSA) is 94.3 Å². The van der Waals surface area contributed by atoms with Crippen molar-refractivity contribution in [2.45, 2.75) is 19.4 Å². The highest BCUT2D eigenvalue weighted by Gasteiger charge is 2.12. The van der Waals surface area contributed by atoms with Crippen molar-refractivity contribution in [3.63, 3.8) is 0 Å². The van der Waals surface area contributed by atoms with Gasteiger partial charge in [-0.2, -0.15) is 4.98 Å². The molecule has 0 spiro atoms. The molecule has 0 aliphatic rings. The number of halogens is 1. The Balaban J connectivity index is 1.37. The highest BCUT2D eigenvalue weighted by molar-refractivity contribution is 5.79. The number of nitrogens with zero attached hydrogens (tertiary/aromatic N) is 2. The molecule has 0 aliphatic heterocycles. The van der Waals surface area contributed by atoms with Crippen LogP contribution in [-0.2, 0) is 27.4 Å². The standard InChI is InChI=1S/C20H18FN3O4/c21-16-8-6-15(7-9-16)20-23-18(28-24-20)13-27-19(26)10-11-22-17(25)12-14-4-2-1-3-5-14/h1-9H,10-13H2,(H,22,25). The second-order valence-corrected chi connectivity index (χ2v) is 5.94. The van der Waals surface area contributed by atoms with Gasteiger partial charge in [-0.3, -0.25) is 9.59 Å². The molecule has 0 fully saturated rings. The first-order chi connectivity index (χ1) is 13.6. The van der Waals surface area contributed by atoms with Gasteiger partial charge in [0.2, 0.25) is 11.7 Å². The number of carbonyl (C=O) groups excluding carboxylic acids is 2. The van der Waals surface area contributed by atoms with E-state index in [2.05, 4.69) is 15.5 Å². The van der Waals surface area contributed by atoms with Crippen LogP contribution in [0, 0.1) is 5.82 Å². The van der Waals surface area contributed by atoms with Gasteiger partial charge in [0.1, 0.15) is 5.82 Å². The lowest BCUT2D eigenvalue weighted by atomic mass is 10.1. The third-order valence-electron chi connectivity index (χ3n) is 3.79. The number of amides is 1. The molecule has 3 rings (SSSR count). The third kappa shape index (κ3) is 5.73. The van der Waals surface area contributed by atoms with Gasteiger partial charge in [-0.25, -0.2) is 4.39 Å². The van der Waals surface area contributed by atoms with Crippen molar-refractivity contribution >= 4 is 11.9 Å². The van der Waals surface area contributed by atoms with E-state index in [4.69, 9.17) is 9.26 Å². The number of aromatic nitrogens is 2. The molecular weight excluding hydrogens is 365 g/mol. The Bertz CT molecular complexity index is 926. The van der Waals surface area contributed by atoms with Crippen LogP contribution >= 0.6 is 0 Å². The van der Waals surface area contributed by atoms with Crippen LogP contribution in [0.2, 0.25) is 0 Å². The Morgan fingerprint density at radius 2 is 1.82 bits per heavy atom. The maximum Gasteiger partial charge on any atom is 0.308 e. The zero-order chi connectivity index (χ0) is 19.8. The van der Waals surface area contributed by atoms with E-state index in [1.807, 2.05) is 30.3 Å². The molecule has 144 valence electrons. The fourth-order valence-corrected chi connectivity index (χ4v) is 2.39. The van der Waals surface area contributed by atoms with Gasteiger partial charge in [-0.15, -0.1) is 0 Å². The van der Waals surface area contributed by atoms with Crippen molar-refractivity contribution in [3.8, 4) is 11.4 Å². The van der Waals surface area contributed by atoms with E-state index < -0.39 is 5.97 Å². The molecule has 0 saturated carbocycles. The monoisotopic (exact) mass is 383 g/mol. The number of hydrogen-bond donors (Lipinski definition) is 1. The number of esters is 1. The normalized spacial score (nSPS) is 10.5. The molecular formula is C20H18FN3O4. The Kier molecular flexibility index (Phi) is 6.46. The predicted molar refractivity (Wildman–Crippen MR) is 97.3 cm³/mol. The second kappa shape index (κ2) is 9.40. The van der Waals surface area contributed by atoms with Gasteiger partial charge >= 0.3 is 5.97 Å². The first-order valence-electron chi connectivity index (χ1n) is 8.65. The summed E-state index contributed by atoms with van der Waals surface area (Å²) < 4.78 is 23.0. The summed E-state index contributed by atoms with van der Waals surface area (Å²) in [6.45, 7) is 0.000152. The third-order valence-corrected chi connectivity index (χ3v) is 3.79. The quantitative estimate of drug-likeness (QED) is 0.601. The van der Waals surface area contributed by atoms with Crippen LogP contribution in [-0.4, -0.2) is 28.6 Å². The minimum Gasteiger partial charge on any atom is -0.456 e. The number of ether oxygens (including phenoxy) is 1. The van der Waals surface area contributed by atoms with Crippen LogP contribution in [0.25, 0.3) is 11.4 Å². The molecule has 0 aliphatic carbocycles. The average molecular weight is 383 g/mol. The minimum atomic E-state index is -0.499. The molecule has 2 aromatic carbocycles. The molecule has 1 amide bonds. The fraction of sp³-hybridized carbons (Fsp3) is 0.200. The molecule has 7 nitrogen and oxygen atoms in total. The van der Waals surface area contributed by atoms with E-state index in [1.54, 1.807) is 0 Å². The molecule has 0 saturated heterocycles. The van der Waals surface area contributed by atoms with Crippen LogP contribution in [0.5, 0.6) is 0 Å². The summed E-state index contributed by atoms with van der Waals surface area (Å²) in [5, 5.41) is 6.43. The fourth-order valence-electron chi connectivity index (χ4n) is 2.39. The van der Waals surface area contributed by atoms with Gasteiger partial charge in [-0.05, 0) is 29.8 Å². The molecule has 8 heteroatoms. The molecule has 0 radical (unpaired) electrons. The van der Waals surface area contributed by atoms with Crippen LogP contribution in [0.1, 0.15) is 17.9 Å². The number of nitrogens with one attached hydrogen (secondary N) is 1. The largest absolute Gasteiger partial charge is 0.456 e. The summed E-state index contributed by atoms with van der Waals surface area (Å²) in [5.74, 6) is -0.626. The first kappa shape index (κ1) is 19.2. The Morgan fingerprint density at radius 3 is 2.57 bits per heavy atom. The summed E-state index contributed by atoms with van der Waals surface area (Å²) in [6, 6.07) is 14.9. The van der Waals surface area contributed by atoms with Crippen molar-refractivity contribution in [3.05, 3.63) is 71.9 Å². The molecule has 0 unspecified atom stereocenters. The molecule has 3 aromatic rings. The van der Waals surface area contributed by atoms with Crippen LogP contribution in [0.3, 0.4) is 0 Å². The van der Waals surface area contributed by atoms with Gasteiger partial charge < -0.3 is 14.6 Å². The zero-order valence-electron chi connectivity index (χ0n) is 14.9. The van der Waals surface area contributed by atoms with Gasteiger partial charge in [-0.1, -0.05) is 35.5 Å². The van der Waals surface area contributed by atoms with Gasteiger partial charge in [0.25, 0.3) is 5.89 Å². The lowest BCUT2D eigenvalue weighted by Gasteiger charge is -2.05. The Hall–Kier alpha value is -3.55. The maximum absolute atomic E-state index is 12.9. The zero-order valence-corrected chi connectivity index (χ0v) is 14.9. The van der Waals surface area contributed by atoms with Gasteiger partial charge in [0.15, 0.2) is 6.61 Å². The maximum atomic E-state index is 12.9. The predicted octanol–water partition coefficient (Wildman–Crippen LogP) is 2.67. The lowest BCUT2D eigenvalue weighted by molar-refractivity contribution is -0.145. The molecule has 1 aromatic heterocycles. The Morgan fingerprint density at radius 1 is 1.07 bits per heavy atom. The smallest absolute Gasteiger partial charge is 0.308 e. The summed E-state index contributed by atoms with van der Waals surface area (Å²) in [4.78, 5) is 27.7. The highest BCUT2D eigenvalue weighted by Crippen LogP contribution is 2.16. The van der Waals surface area contributed by atoms with E-state index in [0.717, 1.165) is 5.56 Å². The molecule has 28 heavy (non-hydrogen) atoms. The van der Waals surface area contributed by atoms with Crippen molar-refractivity contribution in [2.75, 3.05) is 6.54 Å². The van der Waals surface area contributed by atoms with Crippen LogP contribution in [0.4, 0.5) is 4.39 Å². The average Bonchev–Trinajstić information content (AvgIpc) is 3.17. The minimum absolute atomic E-state index is 0.0273. The second-order valence-electron chi connectivity index (χ2n) is 5.94. The van der Waals surface area contributed by atoms with Crippen LogP contribution in [0.15, 0.2) is 59.1 Å². The van der Waals surface area contributed by atoms with E-state index in [-0.39, 0.29) is 49.4 Å². The Labute approximate surface area is 160 Å². The van der Waals surface area contributed by atoms with E-state index in [9.17, 15) is 14.0 Å². The summed E-state index contributed by atoms with van der Waals surface area (Å²) >= 11 is 0. The molecule has 0 atom stereocenters. The van der Waals surface area contributed by atoms with Crippen molar-refractivity contribution in [1.29, 1.82) is 0 Å². The van der Waals surface area contributed by atoms with Crippen LogP contribution < -0.4 is 5.32 Å². The summed E-state index contributed by atoms with van der Waals surface area (Å²) in [7, 11) is 0. The van der Waals surface area contributed by atoms with Crippen molar-refractivity contribution < 1.29 is 23.2 Å². The molecule has 1 N–H and O–H groups in total. The van der Waals surface area contributed by atoms with Gasteiger partial charge in [0, 0.05) is 12.1 Å². The number of carbonyl (C=O) groups is 2. The number of rotatable bonds is 8.